The molecule has 0 spiro atoms. The lowest BCUT2D eigenvalue weighted by atomic mass is 9.93. The zero-order valence-corrected chi connectivity index (χ0v) is 13.5. The molecule has 1 amide bonds. The first-order valence-corrected chi connectivity index (χ1v) is 8.53. The average molecular weight is 311 g/mol. The van der Waals surface area contributed by atoms with Crippen molar-refractivity contribution in [2.45, 2.75) is 38.5 Å². The van der Waals surface area contributed by atoms with Gasteiger partial charge in [0, 0.05) is 38.6 Å². The van der Waals surface area contributed by atoms with E-state index in [0.29, 0.717) is 23.9 Å². The Bertz CT molecular complexity index is 450. The van der Waals surface area contributed by atoms with E-state index in [1.807, 2.05) is 10.3 Å². The molecule has 0 radical (unpaired) electrons. The lowest BCUT2D eigenvalue weighted by Crippen LogP contribution is -2.40. The molecule has 5 nitrogen and oxygen atoms in total. The lowest BCUT2D eigenvalue weighted by molar-refractivity contribution is -0.133. The molecule has 118 valence electrons. The number of anilines is 1. The summed E-state index contributed by atoms with van der Waals surface area (Å²) in [6, 6.07) is 0. The van der Waals surface area contributed by atoms with Crippen LogP contribution < -0.4 is 5.73 Å². The molecule has 6 heteroatoms. The summed E-state index contributed by atoms with van der Waals surface area (Å²) >= 11 is 1.43. The van der Waals surface area contributed by atoms with Crippen molar-refractivity contribution < 1.29 is 9.53 Å². The van der Waals surface area contributed by atoms with Gasteiger partial charge in [-0.15, -0.1) is 11.3 Å². The number of aryl methyl sites for hydroxylation is 1. The van der Waals surface area contributed by atoms with Gasteiger partial charge >= 0.3 is 0 Å². The zero-order chi connectivity index (χ0) is 15.1. The van der Waals surface area contributed by atoms with Crippen molar-refractivity contribution in [2.24, 2.45) is 5.92 Å². The van der Waals surface area contributed by atoms with E-state index in [-0.39, 0.29) is 5.91 Å². The molecule has 2 rings (SSSR count). The Hall–Kier alpha value is -1.14. The van der Waals surface area contributed by atoms with Crippen LogP contribution >= 0.6 is 11.3 Å². The van der Waals surface area contributed by atoms with Crippen LogP contribution in [0.4, 0.5) is 5.13 Å². The van der Waals surface area contributed by atoms with Crippen LogP contribution in [-0.4, -0.2) is 42.6 Å². The van der Waals surface area contributed by atoms with E-state index in [9.17, 15) is 4.79 Å². The van der Waals surface area contributed by atoms with Gasteiger partial charge in [0.05, 0.1) is 5.69 Å². The Morgan fingerprint density at radius 2 is 2.48 bits per heavy atom. The van der Waals surface area contributed by atoms with E-state index in [4.69, 9.17) is 10.5 Å². The summed E-state index contributed by atoms with van der Waals surface area (Å²) in [5, 5.41) is 2.51. The monoisotopic (exact) mass is 311 g/mol. The molecule has 2 N–H and O–H groups in total. The van der Waals surface area contributed by atoms with E-state index in [0.717, 1.165) is 44.7 Å². The van der Waals surface area contributed by atoms with Crippen molar-refractivity contribution in [3.63, 3.8) is 0 Å². The van der Waals surface area contributed by atoms with Crippen LogP contribution in [0.15, 0.2) is 5.38 Å². The number of aromatic nitrogens is 1. The maximum Gasteiger partial charge on any atom is 0.222 e. The molecule has 1 saturated heterocycles. The minimum absolute atomic E-state index is 0.248. The first kappa shape index (κ1) is 16.2. The van der Waals surface area contributed by atoms with E-state index in [1.165, 1.54) is 17.8 Å². The topological polar surface area (TPSA) is 68.5 Å². The number of likely N-dealkylation sites (tertiary alicyclic amines) is 1. The highest BCUT2D eigenvalue weighted by atomic mass is 32.1. The Morgan fingerprint density at radius 1 is 1.62 bits per heavy atom. The van der Waals surface area contributed by atoms with Crippen LogP contribution in [0.5, 0.6) is 0 Å². The Morgan fingerprint density at radius 3 is 3.19 bits per heavy atom. The maximum absolute atomic E-state index is 12.3. The fourth-order valence-corrected chi connectivity index (χ4v) is 3.47. The van der Waals surface area contributed by atoms with Gasteiger partial charge in [-0.2, -0.15) is 0 Å². The summed E-state index contributed by atoms with van der Waals surface area (Å²) in [6.45, 7) is 2.62. The number of thiazole rings is 1. The number of amides is 1. The number of rotatable bonds is 7. The van der Waals surface area contributed by atoms with E-state index in [1.54, 1.807) is 7.11 Å². The summed E-state index contributed by atoms with van der Waals surface area (Å²) in [7, 11) is 1.74. The van der Waals surface area contributed by atoms with Crippen molar-refractivity contribution >= 4 is 22.4 Å². The van der Waals surface area contributed by atoms with Gasteiger partial charge in [0.25, 0.3) is 0 Å². The Labute approximate surface area is 130 Å². The third-order valence-corrected chi connectivity index (χ3v) is 4.72. The molecule has 1 fully saturated rings. The van der Waals surface area contributed by atoms with Crippen molar-refractivity contribution in [1.82, 2.24) is 9.88 Å². The zero-order valence-electron chi connectivity index (χ0n) is 12.7. The molecule has 0 aliphatic carbocycles. The minimum atomic E-state index is 0.248. The van der Waals surface area contributed by atoms with Crippen LogP contribution in [0.2, 0.25) is 0 Å². The van der Waals surface area contributed by atoms with Gasteiger partial charge < -0.3 is 15.4 Å². The van der Waals surface area contributed by atoms with Gasteiger partial charge in [-0.05, 0) is 38.0 Å². The number of hydrogen-bond acceptors (Lipinski definition) is 5. The molecule has 1 atom stereocenters. The molecule has 1 aromatic rings. The van der Waals surface area contributed by atoms with E-state index >= 15 is 0 Å². The van der Waals surface area contributed by atoms with Crippen molar-refractivity contribution in [1.29, 1.82) is 0 Å². The van der Waals surface area contributed by atoms with Gasteiger partial charge in [-0.25, -0.2) is 4.98 Å². The van der Waals surface area contributed by atoms with Gasteiger partial charge in [-0.1, -0.05) is 0 Å². The van der Waals surface area contributed by atoms with Crippen molar-refractivity contribution in [3.05, 3.63) is 11.1 Å². The first-order chi connectivity index (χ1) is 10.2. The highest BCUT2D eigenvalue weighted by Gasteiger charge is 2.23. The number of methoxy groups -OCH3 is 1. The summed E-state index contributed by atoms with van der Waals surface area (Å²) in [4.78, 5) is 18.5. The number of nitrogen functional groups attached to an aromatic ring is 1. The number of nitrogens with two attached hydrogens (primary N) is 1. The van der Waals surface area contributed by atoms with Gasteiger partial charge in [0.15, 0.2) is 5.13 Å². The summed E-state index contributed by atoms with van der Waals surface area (Å²) in [5.41, 5.74) is 6.54. The SMILES string of the molecule is COCCCC1CCCN(C(=O)CCc2csc(N)n2)C1. The van der Waals surface area contributed by atoms with E-state index < -0.39 is 0 Å². The van der Waals surface area contributed by atoms with Crippen molar-refractivity contribution in [2.75, 3.05) is 32.5 Å². The van der Waals surface area contributed by atoms with E-state index in [2.05, 4.69) is 4.98 Å². The molecule has 1 unspecified atom stereocenters. The van der Waals surface area contributed by atoms with Gasteiger partial charge in [-0.3, -0.25) is 4.79 Å². The fraction of sp³-hybridized carbons (Fsp3) is 0.733. The largest absolute Gasteiger partial charge is 0.385 e. The molecule has 2 heterocycles. The van der Waals surface area contributed by atoms with Crippen molar-refractivity contribution in [3.8, 4) is 0 Å². The number of carbonyl (C=O) groups is 1. The number of hydrogen-bond donors (Lipinski definition) is 1. The Balaban J connectivity index is 1.73. The maximum atomic E-state index is 12.3. The quantitative estimate of drug-likeness (QED) is 0.785. The van der Waals surface area contributed by atoms with Crippen LogP contribution in [-0.2, 0) is 16.0 Å². The molecule has 1 aliphatic heterocycles. The normalized spacial score (nSPS) is 18.9. The molecular formula is C15H25N3O2S. The standard InChI is InChI=1S/C15H25N3O2S/c1-20-9-3-5-12-4-2-8-18(10-12)14(19)7-6-13-11-21-15(16)17-13/h11-12H,2-10H2,1H3,(H2,16,17). The summed E-state index contributed by atoms with van der Waals surface area (Å²) in [6.07, 6.45) is 5.82. The predicted octanol–water partition coefficient (Wildman–Crippen LogP) is 2.32. The summed E-state index contributed by atoms with van der Waals surface area (Å²) < 4.78 is 5.10. The lowest BCUT2D eigenvalue weighted by Gasteiger charge is -2.33. The number of ether oxygens (including phenoxy) is 1. The molecule has 1 aromatic heterocycles. The first-order valence-electron chi connectivity index (χ1n) is 7.65. The van der Waals surface area contributed by atoms with Gasteiger partial charge in [0.2, 0.25) is 5.91 Å². The second-order valence-electron chi connectivity index (χ2n) is 5.66. The van der Waals surface area contributed by atoms with Crippen LogP contribution in [0.25, 0.3) is 0 Å². The predicted molar refractivity (Wildman–Crippen MR) is 85.3 cm³/mol. The third-order valence-electron chi connectivity index (χ3n) is 4.00. The molecule has 21 heavy (non-hydrogen) atoms. The Kier molecular flexibility index (Phi) is 6.45. The highest BCUT2D eigenvalue weighted by Crippen LogP contribution is 2.22. The molecule has 0 saturated carbocycles. The smallest absolute Gasteiger partial charge is 0.222 e. The molecular weight excluding hydrogens is 286 g/mol. The minimum Gasteiger partial charge on any atom is -0.385 e. The molecule has 1 aliphatic rings. The fourth-order valence-electron chi connectivity index (χ4n) is 2.87. The molecule has 0 aromatic carbocycles. The third kappa shape index (κ3) is 5.28. The van der Waals surface area contributed by atoms with Crippen LogP contribution in [0.3, 0.4) is 0 Å². The van der Waals surface area contributed by atoms with Gasteiger partial charge in [0.1, 0.15) is 0 Å². The van der Waals surface area contributed by atoms with Crippen LogP contribution in [0.1, 0.15) is 37.8 Å². The summed E-state index contributed by atoms with van der Waals surface area (Å²) in [5.74, 6) is 0.880. The number of piperidine rings is 1. The second-order valence-corrected chi connectivity index (χ2v) is 6.55. The number of nitrogens with zero attached hydrogens (tertiary/aromatic N) is 2. The highest BCUT2D eigenvalue weighted by molar-refractivity contribution is 7.13. The molecule has 0 bridgehead atoms. The number of carbonyl (C=O) groups excluding carboxylic acids is 1. The average Bonchev–Trinajstić information content (AvgIpc) is 2.91. The van der Waals surface area contributed by atoms with Crippen LogP contribution in [0, 0.1) is 5.92 Å². The second kappa shape index (κ2) is 8.34.